The Morgan fingerprint density at radius 2 is 2.05 bits per heavy atom. The Labute approximate surface area is 116 Å². The molecule has 0 saturated heterocycles. The second kappa shape index (κ2) is 6.40. The lowest BCUT2D eigenvalue weighted by Gasteiger charge is -2.21. The van der Waals surface area contributed by atoms with Crippen LogP contribution in [-0.2, 0) is 0 Å². The van der Waals surface area contributed by atoms with E-state index in [0.29, 0.717) is 12.0 Å². The number of hydrogen-bond acceptors (Lipinski definition) is 3. The third-order valence-electron chi connectivity index (χ3n) is 3.83. The molecule has 1 aromatic rings. The number of rotatable bonds is 7. The van der Waals surface area contributed by atoms with E-state index in [1.807, 2.05) is 7.05 Å². The van der Waals surface area contributed by atoms with E-state index < -0.39 is 0 Å². The summed E-state index contributed by atoms with van der Waals surface area (Å²) in [6.07, 6.45) is 2.64. The highest BCUT2D eigenvalue weighted by Crippen LogP contribution is 2.29. The van der Waals surface area contributed by atoms with Crippen molar-refractivity contribution >= 4 is 0 Å². The Balaban J connectivity index is 2.18. The summed E-state index contributed by atoms with van der Waals surface area (Å²) in [6.45, 7) is 5.41. The highest BCUT2D eigenvalue weighted by Gasteiger charge is 2.23. The number of benzene rings is 1. The van der Waals surface area contributed by atoms with Crippen LogP contribution < -0.4 is 15.4 Å². The lowest BCUT2D eigenvalue weighted by Crippen LogP contribution is -2.31. The minimum Gasteiger partial charge on any atom is -0.496 e. The normalized spacial score (nSPS) is 16.7. The molecule has 0 radical (unpaired) electrons. The first kappa shape index (κ1) is 14.4. The maximum absolute atomic E-state index is 5.52. The van der Waals surface area contributed by atoms with Gasteiger partial charge in [-0.3, -0.25) is 0 Å². The molecule has 3 nitrogen and oxygen atoms in total. The van der Waals surface area contributed by atoms with Gasteiger partial charge in [-0.15, -0.1) is 0 Å². The molecule has 2 rings (SSSR count). The molecule has 0 spiro atoms. The second-order valence-electron chi connectivity index (χ2n) is 5.68. The SMILES string of the molecule is CNC(CNC1CC1)c1cc(C(C)C)ccc1OC. The predicted molar refractivity (Wildman–Crippen MR) is 79.9 cm³/mol. The van der Waals surface area contributed by atoms with E-state index >= 15 is 0 Å². The van der Waals surface area contributed by atoms with E-state index in [1.54, 1.807) is 7.11 Å². The molecule has 106 valence electrons. The average Bonchev–Trinajstić information content (AvgIpc) is 3.23. The van der Waals surface area contributed by atoms with Crippen molar-refractivity contribution in [2.75, 3.05) is 20.7 Å². The van der Waals surface area contributed by atoms with E-state index in [9.17, 15) is 0 Å². The van der Waals surface area contributed by atoms with Gasteiger partial charge in [-0.1, -0.05) is 26.0 Å². The van der Waals surface area contributed by atoms with Gasteiger partial charge in [-0.2, -0.15) is 0 Å². The van der Waals surface area contributed by atoms with Crippen LogP contribution in [-0.4, -0.2) is 26.7 Å². The van der Waals surface area contributed by atoms with Crippen molar-refractivity contribution in [2.45, 2.75) is 44.7 Å². The van der Waals surface area contributed by atoms with Gasteiger partial charge in [0.2, 0.25) is 0 Å². The monoisotopic (exact) mass is 262 g/mol. The maximum Gasteiger partial charge on any atom is 0.123 e. The lowest BCUT2D eigenvalue weighted by atomic mass is 9.96. The minimum absolute atomic E-state index is 0.300. The van der Waals surface area contributed by atoms with Gasteiger partial charge in [0.25, 0.3) is 0 Å². The van der Waals surface area contributed by atoms with Gasteiger partial charge >= 0.3 is 0 Å². The highest BCUT2D eigenvalue weighted by molar-refractivity contribution is 5.40. The molecule has 0 heterocycles. The van der Waals surface area contributed by atoms with Crippen LogP contribution in [0.5, 0.6) is 5.75 Å². The summed E-state index contributed by atoms with van der Waals surface area (Å²) in [5, 5.41) is 6.99. The first-order valence-electron chi connectivity index (χ1n) is 7.24. The Morgan fingerprint density at radius 1 is 1.32 bits per heavy atom. The Bertz CT molecular complexity index is 413. The zero-order valence-electron chi connectivity index (χ0n) is 12.5. The zero-order chi connectivity index (χ0) is 13.8. The predicted octanol–water partition coefficient (Wildman–Crippen LogP) is 2.83. The molecule has 0 aromatic heterocycles. The molecule has 1 saturated carbocycles. The van der Waals surface area contributed by atoms with Crippen LogP contribution >= 0.6 is 0 Å². The molecule has 19 heavy (non-hydrogen) atoms. The highest BCUT2D eigenvalue weighted by atomic mass is 16.5. The van der Waals surface area contributed by atoms with Crippen LogP contribution in [0.25, 0.3) is 0 Å². The molecule has 1 unspecified atom stereocenters. The number of nitrogens with one attached hydrogen (secondary N) is 2. The van der Waals surface area contributed by atoms with E-state index in [2.05, 4.69) is 42.7 Å². The second-order valence-corrected chi connectivity index (χ2v) is 5.68. The van der Waals surface area contributed by atoms with Gasteiger partial charge in [0.15, 0.2) is 0 Å². The first-order chi connectivity index (χ1) is 9.15. The first-order valence-corrected chi connectivity index (χ1v) is 7.24. The van der Waals surface area contributed by atoms with Gasteiger partial charge < -0.3 is 15.4 Å². The van der Waals surface area contributed by atoms with Gasteiger partial charge in [0, 0.05) is 24.2 Å². The summed E-state index contributed by atoms with van der Waals surface area (Å²) in [5.41, 5.74) is 2.62. The molecular weight excluding hydrogens is 236 g/mol. The Morgan fingerprint density at radius 3 is 2.58 bits per heavy atom. The van der Waals surface area contributed by atoms with Crippen molar-refractivity contribution in [3.05, 3.63) is 29.3 Å². The zero-order valence-corrected chi connectivity index (χ0v) is 12.5. The summed E-state index contributed by atoms with van der Waals surface area (Å²) >= 11 is 0. The van der Waals surface area contributed by atoms with Crippen LogP contribution in [0.4, 0.5) is 0 Å². The van der Waals surface area contributed by atoms with Crippen molar-refractivity contribution in [2.24, 2.45) is 0 Å². The molecule has 1 fully saturated rings. The lowest BCUT2D eigenvalue weighted by molar-refractivity contribution is 0.398. The number of ether oxygens (including phenoxy) is 1. The van der Waals surface area contributed by atoms with Crippen LogP contribution in [0.15, 0.2) is 18.2 Å². The van der Waals surface area contributed by atoms with Gasteiger partial charge in [0.05, 0.1) is 7.11 Å². The van der Waals surface area contributed by atoms with Crippen molar-refractivity contribution in [1.82, 2.24) is 10.6 Å². The van der Waals surface area contributed by atoms with E-state index in [4.69, 9.17) is 4.74 Å². The summed E-state index contributed by atoms with van der Waals surface area (Å²) < 4.78 is 5.52. The Hall–Kier alpha value is -1.06. The smallest absolute Gasteiger partial charge is 0.123 e. The molecule has 0 bridgehead atoms. The molecule has 2 N–H and O–H groups in total. The molecule has 1 aliphatic carbocycles. The van der Waals surface area contributed by atoms with Crippen LogP contribution in [0.2, 0.25) is 0 Å². The Kier molecular flexibility index (Phi) is 4.83. The standard InChI is InChI=1S/C16H26N2O/c1-11(2)12-5-8-16(19-4)14(9-12)15(17-3)10-18-13-6-7-13/h5,8-9,11,13,15,17-18H,6-7,10H2,1-4H3. The molecule has 1 atom stereocenters. The van der Waals surface area contributed by atoms with Gasteiger partial charge in [0.1, 0.15) is 5.75 Å². The number of likely N-dealkylation sites (N-methyl/N-ethyl adjacent to an activating group) is 1. The molecule has 0 amide bonds. The van der Waals surface area contributed by atoms with Gasteiger partial charge in [-0.05, 0) is 37.4 Å². The van der Waals surface area contributed by atoms with Crippen molar-refractivity contribution in [3.63, 3.8) is 0 Å². The summed E-state index contributed by atoms with van der Waals surface area (Å²) in [5.74, 6) is 1.51. The van der Waals surface area contributed by atoms with Crippen molar-refractivity contribution < 1.29 is 4.74 Å². The molecule has 1 aliphatic rings. The quantitative estimate of drug-likeness (QED) is 0.793. The van der Waals surface area contributed by atoms with Gasteiger partial charge in [-0.25, -0.2) is 0 Å². The third kappa shape index (κ3) is 3.71. The number of hydrogen-bond donors (Lipinski definition) is 2. The maximum atomic E-state index is 5.52. The summed E-state index contributed by atoms with van der Waals surface area (Å²) in [7, 11) is 3.76. The third-order valence-corrected chi connectivity index (χ3v) is 3.83. The summed E-state index contributed by atoms with van der Waals surface area (Å²) in [4.78, 5) is 0. The molecule has 3 heteroatoms. The van der Waals surface area contributed by atoms with E-state index in [-0.39, 0.29) is 0 Å². The molecular formula is C16H26N2O. The van der Waals surface area contributed by atoms with Crippen LogP contribution in [0.1, 0.15) is 49.8 Å². The van der Waals surface area contributed by atoms with E-state index in [1.165, 1.54) is 24.0 Å². The van der Waals surface area contributed by atoms with Crippen molar-refractivity contribution in [1.29, 1.82) is 0 Å². The molecule has 1 aromatic carbocycles. The summed E-state index contributed by atoms with van der Waals surface area (Å²) in [6, 6.07) is 7.56. The average molecular weight is 262 g/mol. The van der Waals surface area contributed by atoms with E-state index in [0.717, 1.165) is 18.3 Å². The molecule has 0 aliphatic heterocycles. The van der Waals surface area contributed by atoms with Crippen LogP contribution in [0, 0.1) is 0 Å². The fourth-order valence-electron chi connectivity index (χ4n) is 2.32. The van der Waals surface area contributed by atoms with Crippen molar-refractivity contribution in [3.8, 4) is 5.75 Å². The fourth-order valence-corrected chi connectivity index (χ4v) is 2.32. The fraction of sp³-hybridized carbons (Fsp3) is 0.625. The minimum atomic E-state index is 0.300. The number of methoxy groups -OCH3 is 1. The topological polar surface area (TPSA) is 33.3 Å². The van der Waals surface area contributed by atoms with Crippen LogP contribution in [0.3, 0.4) is 0 Å². The largest absolute Gasteiger partial charge is 0.496 e.